The first-order valence-corrected chi connectivity index (χ1v) is 11.3. The van der Waals surface area contributed by atoms with Crippen LogP contribution in [0.25, 0.3) is 11.0 Å². The highest BCUT2D eigenvalue weighted by molar-refractivity contribution is 5.84. The van der Waals surface area contributed by atoms with Gasteiger partial charge in [-0.05, 0) is 55.7 Å². The molecule has 8 nitrogen and oxygen atoms in total. The Kier molecular flexibility index (Phi) is 6.94. The van der Waals surface area contributed by atoms with Crippen LogP contribution in [-0.4, -0.2) is 57.6 Å². The largest absolute Gasteiger partial charge is 0.573 e. The number of fused-ring (bicyclic) bond motifs is 3. The molecule has 0 bridgehead atoms. The third-order valence-corrected chi connectivity index (χ3v) is 6.13. The molecule has 2 aromatic heterocycles. The number of alkyl halides is 3. The summed E-state index contributed by atoms with van der Waals surface area (Å²) in [6.45, 7) is 3.87. The van der Waals surface area contributed by atoms with Crippen LogP contribution in [0.1, 0.15) is 30.7 Å². The number of ether oxygens (including phenoxy) is 2. The second kappa shape index (κ2) is 9.81. The zero-order valence-electron chi connectivity index (χ0n) is 19.8. The van der Waals surface area contributed by atoms with Crippen molar-refractivity contribution in [2.24, 2.45) is 5.41 Å². The van der Waals surface area contributed by atoms with Gasteiger partial charge in [-0.2, -0.15) is 0 Å². The molecule has 1 amide bonds. The fourth-order valence-electron chi connectivity index (χ4n) is 4.17. The number of carboxylic acid groups (broad SMARTS) is 1. The fraction of sp³-hybridized carbons (Fsp3) is 0.400. The second-order valence-electron chi connectivity index (χ2n) is 9.32. The molecular weight excluding hydrogens is 479 g/mol. The van der Waals surface area contributed by atoms with Crippen LogP contribution in [0.2, 0.25) is 0 Å². The lowest BCUT2D eigenvalue weighted by atomic mass is 9.95. The summed E-state index contributed by atoms with van der Waals surface area (Å²) in [5, 5.41) is 10.2. The summed E-state index contributed by atoms with van der Waals surface area (Å²) in [6, 6.07) is 9.46. The molecule has 1 aliphatic heterocycles. The number of rotatable bonds is 8. The van der Waals surface area contributed by atoms with Gasteiger partial charge in [-0.1, -0.05) is 12.1 Å². The molecule has 0 unspecified atom stereocenters. The van der Waals surface area contributed by atoms with Crippen molar-refractivity contribution in [2.45, 2.75) is 39.7 Å². The van der Waals surface area contributed by atoms with Crippen LogP contribution in [0, 0.1) is 5.41 Å². The Labute approximate surface area is 205 Å². The minimum absolute atomic E-state index is 0.0919. The summed E-state index contributed by atoms with van der Waals surface area (Å²) < 4.78 is 48.8. The smallest absolute Gasteiger partial charge is 0.481 e. The van der Waals surface area contributed by atoms with Gasteiger partial charge in [-0.15, -0.1) is 13.2 Å². The van der Waals surface area contributed by atoms with Gasteiger partial charge in [0.25, 0.3) is 0 Å². The third kappa shape index (κ3) is 5.62. The van der Waals surface area contributed by atoms with Crippen LogP contribution in [0.15, 0.2) is 42.6 Å². The second-order valence-corrected chi connectivity index (χ2v) is 9.32. The summed E-state index contributed by atoms with van der Waals surface area (Å²) in [5.74, 6) is -1.56. The molecule has 1 N–H and O–H groups in total. The van der Waals surface area contributed by atoms with Gasteiger partial charge in [0.2, 0.25) is 5.91 Å². The quantitative estimate of drug-likeness (QED) is 0.498. The van der Waals surface area contributed by atoms with Gasteiger partial charge in [0, 0.05) is 30.4 Å². The average Bonchev–Trinajstić information content (AvgIpc) is 3.12. The van der Waals surface area contributed by atoms with E-state index < -0.39 is 17.7 Å². The van der Waals surface area contributed by atoms with Crippen molar-refractivity contribution in [1.82, 2.24) is 14.5 Å². The van der Waals surface area contributed by atoms with Crippen molar-refractivity contribution < 1.29 is 37.3 Å². The lowest BCUT2D eigenvalue weighted by Gasteiger charge is -2.29. The molecule has 192 valence electrons. The van der Waals surface area contributed by atoms with Crippen LogP contribution in [0.5, 0.6) is 5.75 Å². The summed E-state index contributed by atoms with van der Waals surface area (Å²) in [6.07, 6.45) is -2.48. The molecule has 36 heavy (non-hydrogen) atoms. The summed E-state index contributed by atoms with van der Waals surface area (Å²) in [7, 11) is 0. The molecule has 0 atom stereocenters. The van der Waals surface area contributed by atoms with Gasteiger partial charge in [0.15, 0.2) is 0 Å². The van der Waals surface area contributed by atoms with Gasteiger partial charge >= 0.3 is 12.3 Å². The number of hydrogen-bond donors (Lipinski definition) is 1. The molecule has 3 aromatic rings. The minimum Gasteiger partial charge on any atom is -0.481 e. The summed E-state index contributed by atoms with van der Waals surface area (Å²) >= 11 is 0. The molecule has 4 rings (SSSR count). The molecule has 1 aliphatic rings. The predicted octanol–water partition coefficient (Wildman–Crippen LogP) is 4.00. The molecule has 0 saturated heterocycles. The normalized spacial score (nSPS) is 14.1. The molecule has 11 heteroatoms. The van der Waals surface area contributed by atoms with Crippen molar-refractivity contribution in [2.75, 3.05) is 19.8 Å². The maximum Gasteiger partial charge on any atom is 0.573 e. The van der Waals surface area contributed by atoms with E-state index in [0.717, 1.165) is 27.9 Å². The van der Waals surface area contributed by atoms with Crippen molar-refractivity contribution in [3.8, 4) is 5.75 Å². The molecule has 0 spiro atoms. The Morgan fingerprint density at radius 1 is 1.14 bits per heavy atom. The standard InChI is InChI=1S/C25H26F3N3O5/c1-24(2,23(33)34)15-35-14-21(32)30-11-9-18-19-4-3-10-29-22(19)31(20(18)13-30)12-16-5-7-17(8-6-16)36-25(26,27)28/h3-8,10H,9,11-15H2,1-2H3,(H,33,34). The molecular formula is C25H26F3N3O5. The van der Waals surface area contributed by atoms with Crippen LogP contribution >= 0.6 is 0 Å². The SMILES string of the molecule is CC(C)(COCC(=O)N1CCc2c(n(Cc3ccc(OC(F)(F)F)cc3)c3ncccc23)C1)C(=O)O. The number of benzene rings is 1. The van der Waals surface area contributed by atoms with E-state index in [9.17, 15) is 27.9 Å². The number of carbonyl (C=O) groups is 2. The van der Waals surface area contributed by atoms with Gasteiger partial charge in [0.05, 0.1) is 18.6 Å². The van der Waals surface area contributed by atoms with Crippen LogP contribution in [-0.2, 0) is 33.8 Å². The molecule has 0 saturated carbocycles. The van der Waals surface area contributed by atoms with Crippen LogP contribution in [0.4, 0.5) is 13.2 Å². The first kappa shape index (κ1) is 25.5. The van der Waals surface area contributed by atoms with Gasteiger partial charge in [0.1, 0.15) is 18.0 Å². The number of aromatic nitrogens is 2. The maximum absolute atomic E-state index is 12.8. The zero-order valence-corrected chi connectivity index (χ0v) is 19.8. The zero-order chi connectivity index (χ0) is 26.1. The van der Waals surface area contributed by atoms with Gasteiger partial charge in [-0.25, -0.2) is 4.98 Å². The van der Waals surface area contributed by atoms with E-state index in [1.165, 1.54) is 26.0 Å². The molecule has 0 fully saturated rings. The lowest BCUT2D eigenvalue weighted by molar-refractivity contribution is -0.274. The van der Waals surface area contributed by atoms with E-state index >= 15 is 0 Å². The number of amides is 1. The van der Waals surface area contributed by atoms with Crippen molar-refractivity contribution in [3.05, 3.63) is 59.4 Å². The number of carbonyl (C=O) groups excluding carboxylic acids is 1. The van der Waals surface area contributed by atoms with E-state index in [4.69, 9.17) is 4.74 Å². The number of pyridine rings is 1. The number of hydrogen-bond acceptors (Lipinski definition) is 5. The fourth-order valence-corrected chi connectivity index (χ4v) is 4.17. The van der Waals surface area contributed by atoms with E-state index in [1.54, 1.807) is 23.2 Å². The molecule has 0 radical (unpaired) electrons. The highest BCUT2D eigenvalue weighted by Crippen LogP contribution is 2.31. The highest BCUT2D eigenvalue weighted by atomic mass is 19.4. The lowest BCUT2D eigenvalue weighted by Crippen LogP contribution is -2.40. The number of halogens is 3. The first-order valence-electron chi connectivity index (χ1n) is 11.3. The monoisotopic (exact) mass is 505 g/mol. The third-order valence-electron chi connectivity index (χ3n) is 6.13. The van der Waals surface area contributed by atoms with E-state index in [2.05, 4.69) is 9.72 Å². The Balaban J connectivity index is 1.53. The van der Waals surface area contributed by atoms with E-state index in [1.807, 2.05) is 16.7 Å². The predicted molar refractivity (Wildman–Crippen MR) is 123 cm³/mol. The molecule has 1 aromatic carbocycles. The number of carboxylic acids is 1. The number of aliphatic carboxylic acids is 1. The molecule has 3 heterocycles. The Morgan fingerprint density at radius 2 is 1.86 bits per heavy atom. The van der Waals surface area contributed by atoms with Gasteiger partial charge in [-0.3, -0.25) is 9.59 Å². The van der Waals surface area contributed by atoms with Crippen LogP contribution < -0.4 is 4.74 Å². The Hall–Kier alpha value is -3.60. The van der Waals surface area contributed by atoms with Crippen molar-refractivity contribution in [3.63, 3.8) is 0 Å². The number of nitrogens with zero attached hydrogens (tertiary/aromatic N) is 3. The van der Waals surface area contributed by atoms with Crippen molar-refractivity contribution in [1.29, 1.82) is 0 Å². The van der Waals surface area contributed by atoms with Gasteiger partial charge < -0.3 is 24.0 Å². The van der Waals surface area contributed by atoms with Crippen molar-refractivity contribution >= 4 is 22.9 Å². The Bertz CT molecular complexity index is 1270. The topological polar surface area (TPSA) is 93.9 Å². The molecule has 0 aliphatic carbocycles. The summed E-state index contributed by atoms with van der Waals surface area (Å²) in [5.41, 5.74) is 2.34. The maximum atomic E-state index is 12.8. The minimum atomic E-state index is -4.76. The highest BCUT2D eigenvalue weighted by Gasteiger charge is 2.32. The average molecular weight is 505 g/mol. The Morgan fingerprint density at radius 3 is 2.53 bits per heavy atom. The van der Waals surface area contributed by atoms with Crippen LogP contribution in [0.3, 0.4) is 0 Å². The van der Waals surface area contributed by atoms with E-state index in [0.29, 0.717) is 26.1 Å². The van der Waals surface area contributed by atoms with E-state index in [-0.39, 0.29) is 24.9 Å². The summed E-state index contributed by atoms with van der Waals surface area (Å²) in [4.78, 5) is 30.2. The first-order chi connectivity index (χ1) is 16.9.